The van der Waals surface area contributed by atoms with Gasteiger partial charge in [-0.05, 0) is 31.2 Å². The molecule has 2 amide bonds. The molecule has 110 valence electrons. The number of hydrogen-bond acceptors (Lipinski definition) is 4. The molecule has 1 aliphatic heterocycles. The Morgan fingerprint density at radius 3 is 2.14 bits per heavy atom. The molecule has 21 heavy (non-hydrogen) atoms. The summed E-state index contributed by atoms with van der Waals surface area (Å²) in [6.45, 7) is 1.85. The maximum absolute atomic E-state index is 12.0. The van der Waals surface area contributed by atoms with E-state index in [1.807, 2.05) is 11.6 Å². The molecule has 2 rings (SSSR count). The van der Waals surface area contributed by atoms with Crippen LogP contribution < -0.4 is 10.1 Å². The van der Waals surface area contributed by atoms with Gasteiger partial charge in [-0.25, -0.2) is 23.4 Å². The molecule has 2 N–H and O–H groups in total. The van der Waals surface area contributed by atoms with Crippen LogP contribution in [0.4, 0.5) is 4.79 Å². The van der Waals surface area contributed by atoms with Gasteiger partial charge in [0.25, 0.3) is 10.0 Å². The summed E-state index contributed by atoms with van der Waals surface area (Å²) in [5.74, 6) is 0. The van der Waals surface area contributed by atoms with E-state index in [0.717, 1.165) is 5.56 Å². The monoisotopic (exact) mass is 305 g/mol. The first-order valence-corrected chi connectivity index (χ1v) is 7.66. The van der Waals surface area contributed by atoms with Crippen LogP contribution in [-0.2, 0) is 10.0 Å². The lowest BCUT2D eigenvalue weighted by Gasteiger charge is -2.16. The minimum absolute atomic E-state index is 0.0341. The zero-order chi connectivity index (χ0) is 15.3. The number of benzene rings is 1. The average molecular weight is 305 g/mol. The van der Waals surface area contributed by atoms with Crippen LogP contribution in [0.1, 0.15) is 5.56 Å². The Labute approximate surface area is 123 Å². The van der Waals surface area contributed by atoms with Gasteiger partial charge in [-0.1, -0.05) is 29.8 Å². The molecule has 0 spiro atoms. The summed E-state index contributed by atoms with van der Waals surface area (Å²) in [5, 5.41) is 1.35. The number of allylic oxidation sites excluding steroid dienone is 4. The van der Waals surface area contributed by atoms with Crippen LogP contribution >= 0.6 is 0 Å². The summed E-state index contributed by atoms with van der Waals surface area (Å²) in [6, 6.07) is 5.38. The van der Waals surface area contributed by atoms with Crippen LogP contribution in [0, 0.1) is 6.92 Å². The molecule has 0 saturated heterocycles. The normalized spacial score (nSPS) is 13.9. The van der Waals surface area contributed by atoms with Crippen molar-refractivity contribution < 1.29 is 13.2 Å². The lowest BCUT2D eigenvalue weighted by atomic mass is 10.2. The zero-order valence-electron chi connectivity index (χ0n) is 11.4. The number of rotatable bonds is 3. The summed E-state index contributed by atoms with van der Waals surface area (Å²) in [4.78, 5) is 11.8. The van der Waals surface area contributed by atoms with E-state index >= 15 is 0 Å². The maximum atomic E-state index is 12.0. The van der Waals surface area contributed by atoms with Crippen LogP contribution in [-0.4, -0.2) is 19.5 Å². The third-order valence-electron chi connectivity index (χ3n) is 2.62. The summed E-state index contributed by atoms with van der Waals surface area (Å²) in [6.07, 6.45) is 10.1. The van der Waals surface area contributed by atoms with Gasteiger partial charge < -0.3 is 0 Å². The molecule has 1 aromatic rings. The molecule has 0 aliphatic carbocycles. The molecule has 0 fully saturated rings. The van der Waals surface area contributed by atoms with Gasteiger partial charge in [0.2, 0.25) is 0 Å². The van der Waals surface area contributed by atoms with Gasteiger partial charge in [0.1, 0.15) is 0 Å². The second kappa shape index (κ2) is 6.27. The molecule has 1 aromatic carbocycles. The quantitative estimate of drug-likeness (QED) is 0.892. The second-order valence-corrected chi connectivity index (χ2v) is 6.02. The van der Waals surface area contributed by atoms with Crippen LogP contribution in [0.2, 0.25) is 0 Å². The fourth-order valence-corrected chi connectivity index (χ4v) is 2.48. The predicted octanol–water partition coefficient (Wildman–Crippen LogP) is 1.80. The first kappa shape index (κ1) is 14.9. The van der Waals surface area contributed by atoms with E-state index < -0.39 is 16.1 Å². The standard InChI is InChI=1S/C14H15N3O3S/c1-12-6-8-13(9-7-12)21(19,20)16-14(18)15-17-10-4-2-3-5-11-17/h2-11H,1H3,(H2,15,16,18). The largest absolute Gasteiger partial charge is 0.347 e. The lowest BCUT2D eigenvalue weighted by Crippen LogP contribution is -2.44. The fraction of sp³-hybridized carbons (Fsp3) is 0.0714. The van der Waals surface area contributed by atoms with E-state index in [4.69, 9.17) is 0 Å². The van der Waals surface area contributed by atoms with Crippen LogP contribution in [0.3, 0.4) is 0 Å². The predicted molar refractivity (Wildman–Crippen MR) is 79.3 cm³/mol. The first-order valence-electron chi connectivity index (χ1n) is 6.17. The van der Waals surface area contributed by atoms with Crippen molar-refractivity contribution in [1.82, 2.24) is 15.2 Å². The molecule has 6 nitrogen and oxygen atoms in total. The molecule has 1 aliphatic rings. The lowest BCUT2D eigenvalue weighted by molar-refractivity contribution is 0.229. The van der Waals surface area contributed by atoms with Gasteiger partial charge in [-0.2, -0.15) is 0 Å². The Balaban J connectivity index is 2.03. The molecule has 0 unspecified atom stereocenters. The number of nitrogens with zero attached hydrogens (tertiary/aromatic N) is 1. The summed E-state index contributed by atoms with van der Waals surface area (Å²) >= 11 is 0. The maximum Gasteiger partial charge on any atom is 0.347 e. The third-order valence-corrected chi connectivity index (χ3v) is 3.96. The third kappa shape index (κ3) is 4.22. The molecule has 7 heteroatoms. The van der Waals surface area contributed by atoms with Gasteiger partial charge in [-0.3, -0.25) is 5.01 Å². The number of amides is 2. The summed E-state index contributed by atoms with van der Waals surface area (Å²) in [5.41, 5.74) is 3.32. The van der Waals surface area contributed by atoms with Gasteiger partial charge >= 0.3 is 6.03 Å². The highest BCUT2D eigenvalue weighted by Gasteiger charge is 2.17. The van der Waals surface area contributed by atoms with E-state index in [0.29, 0.717) is 0 Å². The smallest absolute Gasteiger partial charge is 0.267 e. The molecule has 0 saturated carbocycles. The summed E-state index contributed by atoms with van der Waals surface area (Å²) < 4.78 is 26.0. The van der Waals surface area contributed by atoms with Crippen molar-refractivity contribution >= 4 is 16.1 Å². The number of aryl methyl sites for hydroxylation is 1. The van der Waals surface area contributed by atoms with Crippen molar-refractivity contribution in [3.63, 3.8) is 0 Å². The Hall–Kier alpha value is -2.54. The Bertz CT molecular complexity index is 687. The number of carbonyl (C=O) groups is 1. The van der Waals surface area contributed by atoms with Gasteiger partial charge in [0.05, 0.1) is 4.90 Å². The highest BCUT2D eigenvalue weighted by Crippen LogP contribution is 2.09. The van der Waals surface area contributed by atoms with Crippen molar-refractivity contribution in [2.45, 2.75) is 11.8 Å². The molecule has 0 radical (unpaired) electrons. The van der Waals surface area contributed by atoms with Crippen molar-refractivity contribution in [3.05, 3.63) is 66.5 Å². The number of urea groups is 1. The zero-order valence-corrected chi connectivity index (χ0v) is 12.2. The number of nitrogens with one attached hydrogen (secondary N) is 2. The summed E-state index contributed by atoms with van der Waals surface area (Å²) in [7, 11) is -3.89. The topological polar surface area (TPSA) is 78.5 Å². The Morgan fingerprint density at radius 1 is 1.00 bits per heavy atom. The highest BCUT2D eigenvalue weighted by molar-refractivity contribution is 7.90. The van der Waals surface area contributed by atoms with Crippen molar-refractivity contribution in [2.24, 2.45) is 0 Å². The number of sulfonamides is 1. The van der Waals surface area contributed by atoms with Gasteiger partial charge in [0.15, 0.2) is 0 Å². The first-order chi connectivity index (χ1) is 9.97. The minimum Gasteiger partial charge on any atom is -0.267 e. The molecule has 1 heterocycles. The van der Waals surface area contributed by atoms with E-state index in [1.165, 1.54) is 17.1 Å². The molecular weight excluding hydrogens is 290 g/mol. The minimum atomic E-state index is -3.89. The van der Waals surface area contributed by atoms with E-state index in [-0.39, 0.29) is 4.90 Å². The van der Waals surface area contributed by atoms with Crippen LogP contribution in [0.25, 0.3) is 0 Å². The highest BCUT2D eigenvalue weighted by atomic mass is 32.2. The second-order valence-electron chi connectivity index (χ2n) is 4.33. The molecule has 0 bridgehead atoms. The van der Waals surface area contributed by atoms with E-state index in [1.54, 1.807) is 48.8 Å². The van der Waals surface area contributed by atoms with Crippen LogP contribution in [0.5, 0.6) is 0 Å². The molecule has 0 aromatic heterocycles. The average Bonchev–Trinajstić information content (AvgIpc) is 2.67. The van der Waals surface area contributed by atoms with Crippen molar-refractivity contribution in [3.8, 4) is 0 Å². The SMILES string of the molecule is Cc1ccc(S(=O)(=O)NC(=O)NN2C=CC=CC=C2)cc1. The number of carbonyl (C=O) groups excluding carboxylic acids is 1. The number of hydrogen-bond donors (Lipinski definition) is 2. The molecular formula is C14H15N3O3S. The van der Waals surface area contributed by atoms with E-state index in [2.05, 4.69) is 5.43 Å². The number of hydrazine groups is 1. The van der Waals surface area contributed by atoms with Gasteiger partial charge in [0, 0.05) is 12.4 Å². The fourth-order valence-electron chi connectivity index (χ4n) is 1.58. The Morgan fingerprint density at radius 2 is 1.57 bits per heavy atom. The van der Waals surface area contributed by atoms with Crippen molar-refractivity contribution in [1.29, 1.82) is 0 Å². The van der Waals surface area contributed by atoms with Crippen LogP contribution in [0.15, 0.2) is 65.9 Å². The van der Waals surface area contributed by atoms with Gasteiger partial charge in [-0.15, -0.1) is 0 Å². The molecule has 0 atom stereocenters. The van der Waals surface area contributed by atoms with Crippen molar-refractivity contribution in [2.75, 3.05) is 0 Å². The Kier molecular flexibility index (Phi) is 4.44. The van der Waals surface area contributed by atoms with E-state index in [9.17, 15) is 13.2 Å².